The number of nitrogens with zero attached hydrogens (tertiary/aromatic N) is 1. The number of benzene rings is 1. The fraction of sp³-hybridized carbons (Fsp3) is 0.368. The zero-order valence-electron chi connectivity index (χ0n) is 15.8. The summed E-state index contributed by atoms with van der Waals surface area (Å²) in [6.07, 6.45) is 4.33. The minimum atomic E-state index is -0.314. The maximum atomic E-state index is 12.6. The zero-order valence-corrected chi connectivity index (χ0v) is 17.5. The van der Waals surface area contributed by atoms with Crippen LogP contribution in [-0.4, -0.2) is 40.6 Å². The molecule has 28 heavy (non-hydrogen) atoms. The van der Waals surface area contributed by atoms with Gasteiger partial charge in [0, 0.05) is 19.9 Å². The molecule has 0 saturated carbocycles. The smallest absolute Gasteiger partial charge is 0.266 e. The quantitative estimate of drug-likeness (QED) is 0.290. The van der Waals surface area contributed by atoms with E-state index in [9.17, 15) is 14.4 Å². The second-order valence-electron chi connectivity index (χ2n) is 6.15. The standard InChI is InChI=1S/C19H23N3O4S2/c1-13(23)20-21-17(24)6-4-3-5-11-22-18(25)16(28-19(22)27)12-14-7-9-15(26-2)10-8-14/h7-10,12H,3-6,11H2,1-2H3,(H,20,23)(H,21,24). The van der Waals surface area contributed by atoms with Crippen molar-refractivity contribution in [3.63, 3.8) is 0 Å². The van der Waals surface area contributed by atoms with E-state index < -0.39 is 0 Å². The summed E-state index contributed by atoms with van der Waals surface area (Å²) in [6.45, 7) is 1.85. The number of amides is 3. The van der Waals surface area contributed by atoms with Crippen LogP contribution in [0, 0.1) is 0 Å². The Kier molecular flexibility index (Phi) is 8.46. The van der Waals surface area contributed by atoms with Gasteiger partial charge in [0.15, 0.2) is 0 Å². The number of methoxy groups -OCH3 is 1. The molecule has 150 valence electrons. The van der Waals surface area contributed by atoms with E-state index in [4.69, 9.17) is 17.0 Å². The number of carbonyl (C=O) groups excluding carboxylic acids is 3. The highest BCUT2D eigenvalue weighted by Crippen LogP contribution is 2.33. The summed E-state index contributed by atoms with van der Waals surface area (Å²) in [5.41, 5.74) is 5.48. The lowest BCUT2D eigenvalue weighted by Gasteiger charge is -2.14. The minimum Gasteiger partial charge on any atom is -0.497 e. The van der Waals surface area contributed by atoms with Gasteiger partial charge in [-0.15, -0.1) is 0 Å². The Balaban J connectivity index is 1.77. The molecule has 2 rings (SSSR count). The van der Waals surface area contributed by atoms with E-state index in [0.29, 0.717) is 28.6 Å². The Labute approximate surface area is 173 Å². The van der Waals surface area contributed by atoms with Crippen molar-refractivity contribution in [2.45, 2.75) is 32.6 Å². The fourth-order valence-electron chi connectivity index (χ4n) is 2.50. The molecule has 0 spiro atoms. The van der Waals surface area contributed by atoms with Gasteiger partial charge >= 0.3 is 0 Å². The van der Waals surface area contributed by atoms with Crippen LogP contribution < -0.4 is 15.6 Å². The van der Waals surface area contributed by atoms with Crippen molar-refractivity contribution >= 4 is 52.1 Å². The van der Waals surface area contributed by atoms with Crippen LogP contribution in [0.25, 0.3) is 6.08 Å². The average molecular weight is 422 g/mol. The van der Waals surface area contributed by atoms with Crippen molar-refractivity contribution in [3.8, 4) is 5.75 Å². The van der Waals surface area contributed by atoms with E-state index in [2.05, 4.69) is 10.9 Å². The Morgan fingerprint density at radius 2 is 1.89 bits per heavy atom. The molecule has 1 fully saturated rings. The van der Waals surface area contributed by atoms with Gasteiger partial charge in [0.2, 0.25) is 11.8 Å². The predicted octanol–water partition coefficient (Wildman–Crippen LogP) is 2.62. The molecule has 1 aromatic rings. The SMILES string of the molecule is COc1ccc(C=C2SC(=S)N(CCCCCC(=O)NNC(C)=O)C2=O)cc1. The van der Waals surface area contributed by atoms with Crippen molar-refractivity contribution in [1.29, 1.82) is 0 Å². The molecule has 1 aromatic carbocycles. The summed E-state index contributed by atoms with van der Waals surface area (Å²) < 4.78 is 5.68. The number of carbonyl (C=O) groups is 3. The summed E-state index contributed by atoms with van der Waals surface area (Å²) in [6, 6.07) is 7.46. The number of thioether (sulfide) groups is 1. The van der Waals surface area contributed by atoms with Gasteiger partial charge in [0.25, 0.3) is 5.91 Å². The molecule has 3 amide bonds. The van der Waals surface area contributed by atoms with Gasteiger partial charge in [-0.1, -0.05) is 42.5 Å². The Morgan fingerprint density at radius 1 is 1.18 bits per heavy atom. The molecule has 0 atom stereocenters. The molecule has 1 heterocycles. The third kappa shape index (κ3) is 6.65. The molecule has 0 aromatic heterocycles. The molecule has 1 aliphatic rings. The van der Waals surface area contributed by atoms with Gasteiger partial charge in [-0.05, 0) is 36.6 Å². The van der Waals surface area contributed by atoms with Gasteiger partial charge < -0.3 is 4.74 Å². The van der Waals surface area contributed by atoms with E-state index in [0.717, 1.165) is 24.2 Å². The topological polar surface area (TPSA) is 87.7 Å². The number of unbranched alkanes of at least 4 members (excludes halogenated alkanes) is 2. The number of hydrogen-bond donors (Lipinski definition) is 2. The lowest BCUT2D eigenvalue weighted by Crippen LogP contribution is -2.40. The molecular formula is C19H23N3O4S2. The second-order valence-corrected chi connectivity index (χ2v) is 7.82. The third-order valence-electron chi connectivity index (χ3n) is 3.95. The van der Waals surface area contributed by atoms with Gasteiger partial charge in [0.05, 0.1) is 12.0 Å². The number of hydrogen-bond acceptors (Lipinski definition) is 6. The highest BCUT2D eigenvalue weighted by Gasteiger charge is 2.31. The van der Waals surface area contributed by atoms with Gasteiger partial charge in [-0.3, -0.25) is 30.1 Å². The Bertz CT molecular complexity index is 778. The van der Waals surface area contributed by atoms with Crippen LogP contribution in [0.4, 0.5) is 0 Å². The van der Waals surface area contributed by atoms with Gasteiger partial charge in [-0.2, -0.15) is 0 Å². The average Bonchev–Trinajstić information content (AvgIpc) is 2.93. The number of hydrazine groups is 1. The molecule has 2 N–H and O–H groups in total. The number of nitrogens with one attached hydrogen (secondary N) is 2. The molecule has 7 nitrogen and oxygen atoms in total. The van der Waals surface area contributed by atoms with E-state index in [1.54, 1.807) is 12.0 Å². The van der Waals surface area contributed by atoms with Crippen LogP contribution in [0.15, 0.2) is 29.2 Å². The van der Waals surface area contributed by atoms with Crippen molar-refractivity contribution in [3.05, 3.63) is 34.7 Å². The lowest BCUT2D eigenvalue weighted by atomic mass is 10.1. The summed E-state index contributed by atoms with van der Waals surface area (Å²) >= 11 is 6.63. The lowest BCUT2D eigenvalue weighted by molar-refractivity contribution is -0.127. The summed E-state index contributed by atoms with van der Waals surface area (Å²) in [5, 5.41) is 0. The summed E-state index contributed by atoms with van der Waals surface area (Å²) in [4.78, 5) is 37.0. The first-order valence-corrected chi connectivity index (χ1v) is 10.1. The molecule has 0 bridgehead atoms. The van der Waals surface area contributed by atoms with Crippen molar-refractivity contribution < 1.29 is 19.1 Å². The van der Waals surface area contributed by atoms with Crippen LogP contribution in [0.1, 0.15) is 38.2 Å². The maximum Gasteiger partial charge on any atom is 0.266 e. The van der Waals surface area contributed by atoms with Crippen LogP contribution >= 0.6 is 24.0 Å². The molecule has 1 saturated heterocycles. The first kappa shape index (κ1) is 21.9. The highest BCUT2D eigenvalue weighted by atomic mass is 32.2. The maximum absolute atomic E-state index is 12.6. The van der Waals surface area contributed by atoms with E-state index >= 15 is 0 Å². The van der Waals surface area contributed by atoms with Crippen LogP contribution in [0.5, 0.6) is 5.75 Å². The first-order valence-electron chi connectivity index (χ1n) is 8.85. The number of ether oxygens (including phenoxy) is 1. The molecule has 9 heteroatoms. The Morgan fingerprint density at radius 3 is 2.54 bits per heavy atom. The predicted molar refractivity (Wildman–Crippen MR) is 113 cm³/mol. The van der Waals surface area contributed by atoms with Crippen molar-refractivity contribution in [1.82, 2.24) is 15.8 Å². The van der Waals surface area contributed by atoms with Gasteiger partial charge in [-0.25, -0.2) is 0 Å². The zero-order chi connectivity index (χ0) is 20.5. The first-order chi connectivity index (χ1) is 13.4. The second kappa shape index (κ2) is 10.8. The molecule has 0 unspecified atom stereocenters. The van der Waals surface area contributed by atoms with E-state index in [-0.39, 0.29) is 17.7 Å². The molecule has 1 aliphatic heterocycles. The third-order valence-corrected chi connectivity index (χ3v) is 5.33. The monoisotopic (exact) mass is 421 g/mol. The fourth-order valence-corrected chi connectivity index (χ4v) is 3.81. The molecule has 0 radical (unpaired) electrons. The normalized spacial score (nSPS) is 15.1. The van der Waals surface area contributed by atoms with Crippen LogP contribution in [0.3, 0.4) is 0 Å². The summed E-state index contributed by atoms with van der Waals surface area (Å²) in [5.74, 6) is 0.123. The minimum absolute atomic E-state index is 0.0887. The van der Waals surface area contributed by atoms with E-state index in [1.165, 1.54) is 18.7 Å². The summed E-state index contributed by atoms with van der Waals surface area (Å²) in [7, 11) is 1.61. The van der Waals surface area contributed by atoms with Gasteiger partial charge in [0.1, 0.15) is 10.1 Å². The highest BCUT2D eigenvalue weighted by molar-refractivity contribution is 8.26. The number of thiocarbonyl (C=S) groups is 1. The van der Waals surface area contributed by atoms with E-state index in [1.807, 2.05) is 30.3 Å². The van der Waals surface area contributed by atoms with Crippen LogP contribution in [-0.2, 0) is 14.4 Å². The number of rotatable bonds is 8. The largest absolute Gasteiger partial charge is 0.497 e. The van der Waals surface area contributed by atoms with Crippen LogP contribution in [0.2, 0.25) is 0 Å². The Hall–Kier alpha value is -2.39. The van der Waals surface area contributed by atoms with Crippen molar-refractivity contribution in [2.24, 2.45) is 0 Å². The molecule has 0 aliphatic carbocycles. The van der Waals surface area contributed by atoms with Crippen molar-refractivity contribution in [2.75, 3.05) is 13.7 Å². The molecular weight excluding hydrogens is 398 g/mol.